The lowest BCUT2D eigenvalue weighted by molar-refractivity contribution is -0.223. The Morgan fingerprint density at radius 2 is 0.688 bits per heavy atom. The highest BCUT2D eigenvalue weighted by Gasteiger charge is 2.60. The Hall–Kier alpha value is -4.08. The van der Waals surface area contributed by atoms with Gasteiger partial charge in [0.15, 0.2) is 0 Å². The molecule has 4 N–H and O–H groups in total. The van der Waals surface area contributed by atoms with Crippen LogP contribution >= 0.6 is 0 Å². The molecule has 0 bridgehead atoms. The highest BCUT2D eigenvalue weighted by Crippen LogP contribution is 2.52. The molecule has 0 amide bonds. The van der Waals surface area contributed by atoms with Crippen molar-refractivity contribution < 1.29 is 39.5 Å². The summed E-state index contributed by atoms with van der Waals surface area (Å²) in [7, 11) is 0. The lowest BCUT2D eigenvalue weighted by Gasteiger charge is -2.55. The van der Waals surface area contributed by atoms with Crippen molar-refractivity contribution in [2.75, 3.05) is 0 Å². The Balaban J connectivity index is 1.82. The normalized spacial score (nSPS) is 26.2. The second kappa shape index (κ2) is 37.9. The van der Waals surface area contributed by atoms with Crippen molar-refractivity contribution >= 4 is 11.9 Å². The molecule has 0 saturated heterocycles. The van der Waals surface area contributed by atoms with E-state index in [2.05, 4.69) is 38.2 Å². The van der Waals surface area contributed by atoms with Gasteiger partial charge in [0.1, 0.15) is 23.4 Å². The van der Waals surface area contributed by atoms with Gasteiger partial charge in [-0.1, -0.05) is 238 Å². The zero-order chi connectivity index (χ0) is 59.6. The summed E-state index contributed by atoms with van der Waals surface area (Å²) in [6.45, 7) is 23.4. The van der Waals surface area contributed by atoms with E-state index in [1.54, 1.807) is 26.0 Å². The predicted octanol–water partition coefficient (Wildman–Crippen LogP) is 18.5. The van der Waals surface area contributed by atoms with Crippen LogP contribution in [-0.4, -0.2) is 67.0 Å². The molecule has 2 aliphatic rings. The fraction of sp³-hybridized carbons (Fsp3) is 0.667. The van der Waals surface area contributed by atoms with E-state index in [1.807, 2.05) is 128 Å². The first kappa shape index (κ1) is 72.0. The number of esters is 2. The van der Waals surface area contributed by atoms with Crippen LogP contribution in [0.25, 0.3) is 0 Å². The SMILES string of the molecule is CCCCCC/C=C\CCCCCCCC(=O)O[C@H]1CC(C)(C)[C@](O)(/C=C/C(C)=C/C=C/C(C)=C/C=C/C=C(C)/C=C/C=C(C)/C=C/[C@@]2(O)C(C)(C)C[C@H](OC(=O)CCCCCCC/C=C/CCCCCC)C[C@@]2(C)O)[C@](C)(O)C1. The van der Waals surface area contributed by atoms with E-state index in [1.165, 1.54) is 89.9 Å². The van der Waals surface area contributed by atoms with Crippen LogP contribution in [-0.2, 0) is 19.1 Å². The van der Waals surface area contributed by atoms with E-state index >= 15 is 0 Å². The molecule has 0 radical (unpaired) electrons. The molecule has 0 aromatic carbocycles. The van der Waals surface area contributed by atoms with Crippen molar-refractivity contribution in [2.45, 2.75) is 297 Å². The standard InChI is InChI=1S/C72H116O8/c1-13-15-17-19-21-23-25-27-29-31-33-35-37-49-65(73)79-63-55-67(7,8)71(77,69(11,75)57-63)53-51-61(5)47-41-45-59(3)43-39-40-44-60(4)46-42-48-62(6)52-54-72(78)68(9,10)56-64(58-70(72,12)76)80-66(74)50-38-36-34-32-30-28-26-24-22-20-18-16-14-2/h23-26,39-48,51-54,63-64,75-78H,13-22,27-38,49-50,55-58H2,1-12H3/b25-23-,26-24+,40-39+,45-41+,46-42+,53-51+,54-52+,59-43+,60-44+,61-47+,62-48+/t63-,64-,69+,70+,71+,72+/m0/s1. The van der Waals surface area contributed by atoms with Gasteiger partial charge in [0, 0.05) is 36.5 Å². The van der Waals surface area contributed by atoms with Gasteiger partial charge in [-0.15, -0.1) is 0 Å². The topological polar surface area (TPSA) is 134 Å². The van der Waals surface area contributed by atoms with Gasteiger partial charge in [-0.25, -0.2) is 0 Å². The number of rotatable bonds is 38. The van der Waals surface area contributed by atoms with Crippen molar-refractivity contribution in [1.29, 1.82) is 0 Å². The van der Waals surface area contributed by atoms with Crippen LogP contribution in [0.3, 0.4) is 0 Å². The Kier molecular flexibility index (Phi) is 34.1. The van der Waals surface area contributed by atoms with Gasteiger partial charge in [-0.2, -0.15) is 0 Å². The van der Waals surface area contributed by atoms with Gasteiger partial charge in [0.05, 0.1) is 11.2 Å². The molecule has 0 heterocycles. The van der Waals surface area contributed by atoms with Crippen LogP contribution < -0.4 is 0 Å². The van der Waals surface area contributed by atoms with Gasteiger partial charge in [0.25, 0.3) is 0 Å². The first-order valence-corrected chi connectivity index (χ1v) is 31.5. The predicted molar refractivity (Wildman–Crippen MR) is 338 cm³/mol. The molecule has 452 valence electrons. The van der Waals surface area contributed by atoms with Crippen LogP contribution in [0, 0.1) is 10.8 Å². The second-order valence-corrected chi connectivity index (χ2v) is 25.6. The monoisotopic (exact) mass is 1110 g/mol. The van der Waals surface area contributed by atoms with E-state index in [0.29, 0.717) is 25.7 Å². The molecule has 0 aliphatic heterocycles. The molecule has 6 atom stereocenters. The van der Waals surface area contributed by atoms with Crippen molar-refractivity contribution in [3.05, 3.63) is 132 Å². The van der Waals surface area contributed by atoms with Crippen LogP contribution in [0.5, 0.6) is 0 Å². The second-order valence-electron chi connectivity index (χ2n) is 25.6. The highest BCUT2D eigenvalue weighted by atomic mass is 16.5. The summed E-state index contributed by atoms with van der Waals surface area (Å²) in [5, 5.41) is 47.4. The van der Waals surface area contributed by atoms with E-state index in [9.17, 15) is 30.0 Å². The molecule has 2 aliphatic carbocycles. The molecular weight excluding hydrogens is 993 g/mol. The molecule has 0 spiro atoms. The third kappa shape index (κ3) is 26.9. The largest absolute Gasteiger partial charge is 0.462 e. The molecular formula is C72H116O8. The number of unbranched alkanes of at least 4 members (excludes halogenated alkanes) is 18. The molecule has 0 aromatic rings. The fourth-order valence-corrected chi connectivity index (χ4v) is 11.5. The number of ether oxygens (including phenoxy) is 2. The molecule has 0 aromatic heterocycles. The fourth-order valence-electron chi connectivity index (χ4n) is 11.5. The maximum absolute atomic E-state index is 12.8. The molecule has 2 saturated carbocycles. The smallest absolute Gasteiger partial charge is 0.306 e. The zero-order valence-electron chi connectivity index (χ0n) is 52.8. The third-order valence-corrected chi connectivity index (χ3v) is 16.8. The summed E-state index contributed by atoms with van der Waals surface area (Å²) < 4.78 is 11.8. The quantitative estimate of drug-likeness (QED) is 0.0208. The number of hydrogen-bond donors (Lipinski definition) is 4. The minimum absolute atomic E-state index is 0.161. The number of aliphatic hydroxyl groups is 4. The first-order chi connectivity index (χ1) is 37.8. The number of allylic oxidation sites excluding steroid dienone is 20. The maximum Gasteiger partial charge on any atom is 0.306 e. The Bertz CT molecular complexity index is 1960. The van der Waals surface area contributed by atoms with Crippen molar-refractivity contribution in [3.8, 4) is 0 Å². The highest BCUT2D eigenvalue weighted by molar-refractivity contribution is 5.70. The van der Waals surface area contributed by atoms with E-state index in [0.717, 1.165) is 73.7 Å². The Morgan fingerprint density at radius 1 is 0.400 bits per heavy atom. The zero-order valence-corrected chi connectivity index (χ0v) is 52.8. The Morgan fingerprint density at radius 3 is 1.01 bits per heavy atom. The van der Waals surface area contributed by atoms with Gasteiger partial charge in [-0.3, -0.25) is 9.59 Å². The summed E-state index contributed by atoms with van der Waals surface area (Å²) in [5.41, 5.74) is -3.64. The maximum atomic E-state index is 12.8. The van der Waals surface area contributed by atoms with Crippen molar-refractivity contribution in [2.24, 2.45) is 10.8 Å². The summed E-state index contributed by atoms with van der Waals surface area (Å²) in [6.07, 6.45) is 63.0. The molecule has 80 heavy (non-hydrogen) atoms. The summed E-state index contributed by atoms with van der Waals surface area (Å²) in [4.78, 5) is 25.7. The minimum atomic E-state index is -1.53. The van der Waals surface area contributed by atoms with Crippen molar-refractivity contribution in [1.82, 2.24) is 0 Å². The number of carbonyl (C=O) groups is 2. The average molecular weight is 1110 g/mol. The molecule has 0 unspecified atom stereocenters. The average Bonchev–Trinajstić information content (AvgIpc) is 3.38. The van der Waals surface area contributed by atoms with Crippen LogP contribution in [0.1, 0.15) is 263 Å². The van der Waals surface area contributed by atoms with Gasteiger partial charge < -0.3 is 29.9 Å². The summed E-state index contributed by atoms with van der Waals surface area (Å²) in [6, 6.07) is 0. The number of hydrogen-bond acceptors (Lipinski definition) is 8. The van der Waals surface area contributed by atoms with Crippen LogP contribution in [0.4, 0.5) is 0 Å². The van der Waals surface area contributed by atoms with Gasteiger partial charge in [0.2, 0.25) is 0 Å². The molecule has 8 nitrogen and oxygen atoms in total. The number of carbonyl (C=O) groups excluding carboxylic acids is 2. The van der Waals surface area contributed by atoms with E-state index in [4.69, 9.17) is 9.47 Å². The Labute approximate surface area is 489 Å². The van der Waals surface area contributed by atoms with E-state index in [-0.39, 0.29) is 24.8 Å². The van der Waals surface area contributed by atoms with Gasteiger partial charge >= 0.3 is 11.9 Å². The first-order valence-electron chi connectivity index (χ1n) is 31.5. The van der Waals surface area contributed by atoms with Gasteiger partial charge in [-0.05, 0) is 131 Å². The summed E-state index contributed by atoms with van der Waals surface area (Å²) in [5.74, 6) is -0.457. The lowest BCUT2D eigenvalue weighted by Crippen LogP contribution is -2.65. The van der Waals surface area contributed by atoms with Crippen LogP contribution in [0.15, 0.2) is 132 Å². The molecule has 2 rings (SSSR count). The molecule has 2 fully saturated rings. The molecule has 8 heteroatoms. The summed E-state index contributed by atoms with van der Waals surface area (Å²) >= 11 is 0. The minimum Gasteiger partial charge on any atom is -0.462 e. The van der Waals surface area contributed by atoms with Crippen molar-refractivity contribution in [3.63, 3.8) is 0 Å². The lowest BCUT2D eigenvalue weighted by atomic mass is 9.57. The van der Waals surface area contributed by atoms with Crippen LogP contribution in [0.2, 0.25) is 0 Å². The third-order valence-electron chi connectivity index (χ3n) is 16.8. The van der Waals surface area contributed by atoms with E-state index < -0.39 is 45.4 Å².